The molecule has 3 N–H and O–H groups in total. The lowest BCUT2D eigenvalue weighted by molar-refractivity contribution is -0.137. The predicted molar refractivity (Wildman–Crippen MR) is 111 cm³/mol. The lowest BCUT2D eigenvalue weighted by Crippen LogP contribution is -2.20. The molecule has 160 valence electrons. The maximum atomic E-state index is 13.5. The third-order valence-corrected chi connectivity index (χ3v) is 4.35. The van der Waals surface area contributed by atoms with Crippen molar-refractivity contribution in [2.45, 2.75) is 12.6 Å². The molecule has 0 aliphatic heterocycles. The number of amides is 2. The fourth-order valence-corrected chi connectivity index (χ4v) is 2.89. The molecule has 0 radical (unpaired) electrons. The van der Waals surface area contributed by atoms with Crippen LogP contribution in [0, 0.1) is 0 Å². The highest BCUT2D eigenvalue weighted by atomic mass is 19.4. The minimum Gasteiger partial charge on any atom is -0.355 e. The molecule has 0 bridgehead atoms. The highest BCUT2D eigenvalue weighted by Gasteiger charge is 2.34. The topological polar surface area (TPSA) is 83.1 Å². The van der Waals surface area contributed by atoms with E-state index >= 15 is 0 Å². The van der Waals surface area contributed by atoms with Crippen molar-refractivity contribution in [3.63, 3.8) is 0 Å². The van der Waals surface area contributed by atoms with Crippen LogP contribution >= 0.6 is 0 Å². The van der Waals surface area contributed by atoms with Crippen molar-refractivity contribution in [1.29, 1.82) is 0 Å². The first kappa shape index (κ1) is 21.8. The summed E-state index contributed by atoms with van der Waals surface area (Å²) in [6, 6.07) is 16.2. The smallest absolute Gasteiger partial charge is 0.355 e. The molecule has 0 unspecified atom stereocenters. The first-order chi connectivity index (χ1) is 14.8. The van der Waals surface area contributed by atoms with Crippen LogP contribution in [0.2, 0.25) is 0 Å². The van der Waals surface area contributed by atoms with Gasteiger partial charge in [0.25, 0.3) is 5.91 Å². The van der Waals surface area contributed by atoms with Crippen molar-refractivity contribution in [3.8, 4) is 0 Å². The summed E-state index contributed by atoms with van der Waals surface area (Å²) in [6.07, 6.45) is -4.00. The van der Waals surface area contributed by atoms with Crippen LogP contribution in [0.25, 0.3) is 0 Å². The van der Waals surface area contributed by atoms with Gasteiger partial charge in [-0.3, -0.25) is 9.59 Å². The minimum atomic E-state index is -4.69. The molecule has 1 heterocycles. The second kappa shape index (κ2) is 9.29. The average molecular weight is 428 g/mol. The second-order valence-corrected chi connectivity index (χ2v) is 6.57. The molecule has 0 fully saturated rings. The molecule has 1 aromatic heterocycles. The van der Waals surface area contributed by atoms with Crippen LogP contribution in [0.1, 0.15) is 21.5 Å². The number of carbonyl (C=O) groups excluding carboxylic acids is 2. The number of anilines is 3. The SMILES string of the molecule is CNC(=O)c1ccccc1Nc1cc(NC(=O)Cc2ccccc2)ncc1C(F)(F)F. The maximum Gasteiger partial charge on any atom is 0.419 e. The molecule has 0 saturated heterocycles. The van der Waals surface area contributed by atoms with Gasteiger partial charge in [-0.25, -0.2) is 4.98 Å². The van der Waals surface area contributed by atoms with E-state index in [2.05, 4.69) is 20.9 Å². The zero-order valence-electron chi connectivity index (χ0n) is 16.5. The molecule has 3 rings (SSSR count). The van der Waals surface area contributed by atoms with E-state index in [4.69, 9.17) is 0 Å². The highest BCUT2D eigenvalue weighted by molar-refractivity contribution is 6.00. The van der Waals surface area contributed by atoms with Crippen molar-refractivity contribution in [2.75, 3.05) is 17.7 Å². The van der Waals surface area contributed by atoms with Gasteiger partial charge in [0.15, 0.2) is 0 Å². The Morgan fingerprint density at radius 2 is 1.65 bits per heavy atom. The lowest BCUT2D eigenvalue weighted by atomic mass is 10.1. The van der Waals surface area contributed by atoms with Crippen molar-refractivity contribution in [1.82, 2.24) is 10.3 Å². The molecule has 9 heteroatoms. The summed E-state index contributed by atoms with van der Waals surface area (Å²) in [5, 5.41) is 7.60. The molecule has 31 heavy (non-hydrogen) atoms. The molecule has 0 aliphatic carbocycles. The van der Waals surface area contributed by atoms with Gasteiger partial charge in [-0.1, -0.05) is 42.5 Å². The number of hydrogen-bond acceptors (Lipinski definition) is 4. The predicted octanol–water partition coefficient (Wildman–Crippen LogP) is 4.38. The van der Waals surface area contributed by atoms with E-state index in [1.165, 1.54) is 19.2 Å². The van der Waals surface area contributed by atoms with E-state index in [0.717, 1.165) is 11.6 Å². The third kappa shape index (κ3) is 5.59. The minimum absolute atomic E-state index is 0.0474. The average Bonchev–Trinajstić information content (AvgIpc) is 2.73. The summed E-state index contributed by atoms with van der Waals surface area (Å²) < 4.78 is 40.5. The van der Waals surface area contributed by atoms with Gasteiger partial charge in [0.1, 0.15) is 5.82 Å². The van der Waals surface area contributed by atoms with Gasteiger partial charge in [-0.2, -0.15) is 13.2 Å². The van der Waals surface area contributed by atoms with Gasteiger partial charge in [0, 0.05) is 19.3 Å². The first-order valence-corrected chi connectivity index (χ1v) is 9.27. The van der Waals surface area contributed by atoms with Gasteiger partial charge in [0.05, 0.1) is 28.9 Å². The highest BCUT2D eigenvalue weighted by Crippen LogP contribution is 2.37. The number of para-hydroxylation sites is 1. The summed E-state index contributed by atoms with van der Waals surface area (Å²) in [4.78, 5) is 28.1. The molecule has 2 amide bonds. The Bertz CT molecular complexity index is 1090. The van der Waals surface area contributed by atoms with Crippen molar-refractivity contribution in [2.24, 2.45) is 0 Å². The van der Waals surface area contributed by atoms with Crippen LogP contribution in [0.4, 0.5) is 30.4 Å². The Hall–Kier alpha value is -3.88. The van der Waals surface area contributed by atoms with Gasteiger partial charge in [-0.15, -0.1) is 0 Å². The second-order valence-electron chi connectivity index (χ2n) is 6.57. The van der Waals surface area contributed by atoms with Gasteiger partial charge < -0.3 is 16.0 Å². The maximum absolute atomic E-state index is 13.5. The Morgan fingerprint density at radius 1 is 0.968 bits per heavy atom. The first-order valence-electron chi connectivity index (χ1n) is 9.27. The number of aromatic nitrogens is 1. The molecule has 2 aromatic carbocycles. The van der Waals surface area contributed by atoms with Crippen LogP contribution < -0.4 is 16.0 Å². The zero-order valence-corrected chi connectivity index (χ0v) is 16.5. The van der Waals surface area contributed by atoms with Crippen LogP contribution in [-0.4, -0.2) is 23.8 Å². The van der Waals surface area contributed by atoms with Crippen molar-refractivity contribution < 1.29 is 22.8 Å². The van der Waals surface area contributed by atoms with Gasteiger partial charge >= 0.3 is 6.18 Å². The van der Waals surface area contributed by atoms with E-state index in [1.807, 2.05) is 6.07 Å². The standard InChI is InChI=1S/C22H19F3N4O2/c1-26-21(31)15-9-5-6-10-17(15)28-18-12-19(27-13-16(18)22(23,24)25)29-20(30)11-14-7-3-2-4-8-14/h2-10,12-13H,11H2,1H3,(H,26,31)(H2,27,28,29,30). The van der Waals surface area contributed by atoms with Crippen LogP contribution in [0.5, 0.6) is 0 Å². The normalized spacial score (nSPS) is 11.0. The van der Waals surface area contributed by atoms with E-state index in [1.54, 1.807) is 36.4 Å². The summed E-state index contributed by atoms with van der Waals surface area (Å²) in [5.74, 6) is -0.925. The van der Waals surface area contributed by atoms with Crippen LogP contribution in [-0.2, 0) is 17.4 Å². The summed E-state index contributed by atoms with van der Waals surface area (Å²) in [5.41, 5.74) is -0.261. The number of alkyl halides is 3. The number of nitrogens with one attached hydrogen (secondary N) is 3. The van der Waals surface area contributed by atoms with E-state index in [9.17, 15) is 22.8 Å². The fourth-order valence-electron chi connectivity index (χ4n) is 2.89. The molecule has 6 nitrogen and oxygen atoms in total. The Labute approximate surface area is 176 Å². The number of nitrogens with zero attached hydrogens (tertiary/aromatic N) is 1. The Balaban J connectivity index is 1.90. The fraction of sp³-hybridized carbons (Fsp3) is 0.136. The lowest BCUT2D eigenvalue weighted by Gasteiger charge is -2.17. The molecule has 0 atom stereocenters. The quantitative estimate of drug-likeness (QED) is 0.544. The van der Waals surface area contributed by atoms with Gasteiger partial charge in [0.2, 0.25) is 5.91 Å². The molecule has 0 saturated carbocycles. The van der Waals surface area contributed by atoms with Crippen LogP contribution in [0.3, 0.4) is 0 Å². The van der Waals surface area contributed by atoms with Gasteiger partial charge in [-0.05, 0) is 17.7 Å². The number of rotatable bonds is 6. The largest absolute Gasteiger partial charge is 0.419 e. The number of pyridine rings is 1. The van der Waals surface area contributed by atoms with Crippen molar-refractivity contribution in [3.05, 3.63) is 83.6 Å². The van der Waals surface area contributed by atoms with E-state index < -0.39 is 23.6 Å². The molecule has 3 aromatic rings. The zero-order chi connectivity index (χ0) is 22.4. The van der Waals surface area contributed by atoms with Crippen molar-refractivity contribution >= 4 is 29.0 Å². The molecular weight excluding hydrogens is 409 g/mol. The number of benzene rings is 2. The monoisotopic (exact) mass is 428 g/mol. The number of hydrogen-bond donors (Lipinski definition) is 3. The molecule has 0 spiro atoms. The summed E-state index contributed by atoms with van der Waals surface area (Å²) >= 11 is 0. The molecule has 0 aliphatic rings. The van der Waals surface area contributed by atoms with E-state index in [-0.39, 0.29) is 29.2 Å². The summed E-state index contributed by atoms with van der Waals surface area (Å²) in [7, 11) is 1.42. The summed E-state index contributed by atoms with van der Waals surface area (Å²) in [6.45, 7) is 0. The number of carbonyl (C=O) groups is 2. The third-order valence-electron chi connectivity index (χ3n) is 4.35. The molecular formula is C22H19F3N4O2. The van der Waals surface area contributed by atoms with Crippen LogP contribution in [0.15, 0.2) is 66.9 Å². The Morgan fingerprint density at radius 3 is 2.32 bits per heavy atom. The van der Waals surface area contributed by atoms with E-state index in [0.29, 0.717) is 6.20 Å². The number of halogens is 3. The Kier molecular flexibility index (Phi) is 6.54.